The lowest BCUT2D eigenvalue weighted by atomic mass is 9.87. The van der Waals surface area contributed by atoms with Crippen molar-refractivity contribution in [3.05, 3.63) is 0 Å². The molecular weight excluding hydrogens is 338 g/mol. The molecule has 1 aliphatic rings. The summed E-state index contributed by atoms with van der Waals surface area (Å²) in [6, 6.07) is -3.37. The number of nitrogens with one attached hydrogen (secondary N) is 2. The first-order chi connectivity index (χ1) is 11.4. The largest absolute Gasteiger partial charge is 0.477 e. The zero-order valence-corrected chi connectivity index (χ0v) is 14.2. The number of rotatable bonds is 6. The summed E-state index contributed by atoms with van der Waals surface area (Å²) >= 11 is 0. The van der Waals surface area contributed by atoms with E-state index in [4.69, 9.17) is 15.6 Å². The highest BCUT2D eigenvalue weighted by Gasteiger charge is 2.54. The molecule has 144 valence electrons. The van der Waals surface area contributed by atoms with Crippen molar-refractivity contribution in [2.75, 3.05) is 0 Å². The third-order valence-corrected chi connectivity index (χ3v) is 3.89. The molecule has 11 nitrogen and oxygen atoms in total. The summed E-state index contributed by atoms with van der Waals surface area (Å²) < 4.78 is 5.19. The van der Waals surface area contributed by atoms with E-state index in [1.165, 1.54) is 20.8 Å². The molecule has 0 spiro atoms. The standard InChI is InChI=1S/C14H25N3O8/c1-5(15)12(21)17-9(6(2)18)11-10(16-7(3)19)8(20)4-14(24,25-11)13(22)23/h5-6,8-11,18,20,24H,4,15H2,1-3H3,(H,16,19)(H,17,21)(H,22,23)/t5-,6-,8+,9-,10-,11+,14+/m1/s1. The molecule has 1 heterocycles. The number of carboxylic acids is 1. The molecule has 0 saturated carbocycles. The molecule has 0 aromatic rings. The number of hydrogen-bond donors (Lipinski definition) is 7. The molecule has 1 rings (SSSR count). The van der Waals surface area contributed by atoms with Gasteiger partial charge >= 0.3 is 5.97 Å². The van der Waals surface area contributed by atoms with Gasteiger partial charge < -0.3 is 41.5 Å². The van der Waals surface area contributed by atoms with Gasteiger partial charge in [0.2, 0.25) is 11.8 Å². The Hall–Kier alpha value is -1.79. The number of amides is 2. The van der Waals surface area contributed by atoms with Crippen LogP contribution in [0.4, 0.5) is 0 Å². The smallest absolute Gasteiger partial charge is 0.364 e. The minimum atomic E-state index is -2.74. The van der Waals surface area contributed by atoms with Crippen molar-refractivity contribution in [3.8, 4) is 0 Å². The van der Waals surface area contributed by atoms with E-state index in [9.17, 15) is 29.7 Å². The van der Waals surface area contributed by atoms with E-state index in [1.54, 1.807) is 0 Å². The Balaban J connectivity index is 3.23. The first-order valence-electron chi connectivity index (χ1n) is 7.72. The average molecular weight is 363 g/mol. The van der Waals surface area contributed by atoms with Crippen LogP contribution >= 0.6 is 0 Å². The molecule has 0 bridgehead atoms. The molecule has 0 aliphatic carbocycles. The van der Waals surface area contributed by atoms with Gasteiger partial charge in [-0.05, 0) is 13.8 Å². The van der Waals surface area contributed by atoms with Gasteiger partial charge in [-0.2, -0.15) is 0 Å². The van der Waals surface area contributed by atoms with E-state index in [0.717, 1.165) is 0 Å². The van der Waals surface area contributed by atoms with E-state index >= 15 is 0 Å². The number of carboxylic acid groups (broad SMARTS) is 1. The minimum Gasteiger partial charge on any atom is -0.477 e. The zero-order valence-electron chi connectivity index (χ0n) is 14.2. The summed E-state index contributed by atoms with van der Waals surface area (Å²) in [4.78, 5) is 34.5. The van der Waals surface area contributed by atoms with Crippen LogP contribution in [0.2, 0.25) is 0 Å². The van der Waals surface area contributed by atoms with E-state index in [1.807, 2.05) is 0 Å². The van der Waals surface area contributed by atoms with Gasteiger partial charge in [-0.1, -0.05) is 0 Å². The van der Waals surface area contributed by atoms with Crippen molar-refractivity contribution < 1.29 is 39.5 Å². The normalized spacial score (nSPS) is 33.0. The number of ether oxygens (including phenoxy) is 1. The Morgan fingerprint density at radius 2 is 1.88 bits per heavy atom. The Morgan fingerprint density at radius 1 is 1.32 bits per heavy atom. The summed E-state index contributed by atoms with van der Waals surface area (Å²) in [6.07, 6.45) is -4.92. The maximum Gasteiger partial charge on any atom is 0.364 e. The second kappa shape index (κ2) is 8.06. The number of carbonyl (C=O) groups excluding carboxylic acids is 2. The van der Waals surface area contributed by atoms with Crippen LogP contribution < -0.4 is 16.4 Å². The van der Waals surface area contributed by atoms with Gasteiger partial charge in [-0.15, -0.1) is 0 Å². The monoisotopic (exact) mass is 363 g/mol. The Bertz CT molecular complexity index is 526. The Morgan fingerprint density at radius 3 is 2.28 bits per heavy atom. The molecule has 1 fully saturated rings. The SMILES string of the molecule is CC(=O)N[C@H]1[C@H]([C@H](NC(=O)[C@@H](C)N)[C@@H](C)O)O[C@](O)(C(=O)O)C[C@@H]1O. The predicted octanol–water partition coefficient (Wildman–Crippen LogP) is -3.37. The number of aliphatic carboxylic acids is 1. The molecule has 2 amide bonds. The van der Waals surface area contributed by atoms with Gasteiger partial charge in [-0.25, -0.2) is 4.79 Å². The summed E-state index contributed by atoms with van der Waals surface area (Å²) in [5.74, 6) is -5.72. The molecule has 8 N–H and O–H groups in total. The lowest BCUT2D eigenvalue weighted by Crippen LogP contribution is -2.69. The molecule has 0 unspecified atom stereocenters. The number of hydrogen-bond acceptors (Lipinski definition) is 8. The Labute approximate surface area is 144 Å². The van der Waals surface area contributed by atoms with Gasteiger partial charge in [-0.3, -0.25) is 9.59 Å². The van der Waals surface area contributed by atoms with Gasteiger partial charge in [0.1, 0.15) is 6.10 Å². The topological polar surface area (TPSA) is 191 Å². The predicted molar refractivity (Wildman–Crippen MR) is 82.9 cm³/mol. The fourth-order valence-electron chi connectivity index (χ4n) is 2.60. The summed E-state index contributed by atoms with van der Waals surface area (Å²) in [5.41, 5.74) is 5.46. The molecule has 7 atom stereocenters. The third-order valence-electron chi connectivity index (χ3n) is 3.89. The fraction of sp³-hybridized carbons (Fsp3) is 0.786. The molecule has 1 aliphatic heterocycles. The molecule has 11 heteroatoms. The second-order valence-corrected chi connectivity index (χ2v) is 6.23. The van der Waals surface area contributed by atoms with Gasteiger partial charge in [0.25, 0.3) is 5.79 Å². The molecule has 25 heavy (non-hydrogen) atoms. The fourth-order valence-corrected chi connectivity index (χ4v) is 2.60. The number of carbonyl (C=O) groups is 3. The van der Waals surface area contributed by atoms with Crippen molar-refractivity contribution >= 4 is 17.8 Å². The van der Waals surface area contributed by atoms with E-state index in [0.29, 0.717) is 0 Å². The summed E-state index contributed by atoms with van der Waals surface area (Å²) in [6.45, 7) is 3.85. The third kappa shape index (κ3) is 5.09. The summed E-state index contributed by atoms with van der Waals surface area (Å²) in [7, 11) is 0. The second-order valence-electron chi connectivity index (χ2n) is 6.23. The minimum absolute atomic E-state index is 0.554. The Kier molecular flexibility index (Phi) is 6.85. The molecule has 0 aromatic heterocycles. The van der Waals surface area contributed by atoms with E-state index < -0.39 is 66.4 Å². The van der Waals surface area contributed by atoms with Crippen molar-refractivity contribution in [2.45, 2.75) is 69.4 Å². The maximum absolute atomic E-state index is 11.9. The summed E-state index contributed by atoms with van der Waals surface area (Å²) in [5, 5.41) is 44.2. The lowest BCUT2D eigenvalue weighted by Gasteiger charge is -2.46. The lowest BCUT2D eigenvalue weighted by molar-refractivity contribution is -0.283. The van der Waals surface area contributed by atoms with Crippen molar-refractivity contribution in [3.63, 3.8) is 0 Å². The van der Waals surface area contributed by atoms with Crippen LogP contribution in [0, 0.1) is 0 Å². The highest BCUT2D eigenvalue weighted by molar-refractivity contribution is 5.81. The zero-order chi connectivity index (χ0) is 19.5. The van der Waals surface area contributed by atoms with E-state index in [2.05, 4.69) is 10.6 Å². The van der Waals surface area contributed by atoms with Gasteiger partial charge in [0, 0.05) is 13.3 Å². The van der Waals surface area contributed by atoms with Crippen LogP contribution in [-0.4, -0.2) is 80.4 Å². The van der Waals surface area contributed by atoms with Gasteiger partial charge in [0.15, 0.2) is 0 Å². The first kappa shape index (κ1) is 21.3. The first-order valence-corrected chi connectivity index (χ1v) is 7.72. The van der Waals surface area contributed by atoms with Crippen molar-refractivity contribution in [2.24, 2.45) is 5.73 Å². The molecule has 1 saturated heterocycles. The van der Waals surface area contributed by atoms with Gasteiger partial charge in [0.05, 0.1) is 30.3 Å². The molecule has 0 aromatic carbocycles. The van der Waals surface area contributed by atoms with Crippen molar-refractivity contribution in [1.82, 2.24) is 10.6 Å². The molecular formula is C14H25N3O8. The van der Waals surface area contributed by atoms with Crippen LogP contribution in [0.1, 0.15) is 27.2 Å². The highest BCUT2D eigenvalue weighted by Crippen LogP contribution is 2.30. The maximum atomic E-state index is 11.9. The number of aliphatic hydroxyl groups excluding tert-OH is 2. The van der Waals surface area contributed by atoms with Crippen molar-refractivity contribution in [1.29, 1.82) is 0 Å². The highest BCUT2D eigenvalue weighted by atomic mass is 16.7. The number of nitrogens with two attached hydrogens (primary N) is 1. The van der Waals surface area contributed by atoms with Crippen LogP contribution in [0.25, 0.3) is 0 Å². The van der Waals surface area contributed by atoms with E-state index in [-0.39, 0.29) is 0 Å². The number of aliphatic hydroxyl groups is 3. The van der Waals surface area contributed by atoms with Crippen LogP contribution in [-0.2, 0) is 19.1 Å². The molecule has 0 radical (unpaired) electrons. The van der Waals surface area contributed by atoms with Crippen LogP contribution in [0.15, 0.2) is 0 Å². The average Bonchev–Trinajstić information content (AvgIpc) is 2.46. The quantitative estimate of drug-likeness (QED) is 0.252. The van der Waals surface area contributed by atoms with Crippen LogP contribution in [0.3, 0.4) is 0 Å². The van der Waals surface area contributed by atoms with Crippen LogP contribution in [0.5, 0.6) is 0 Å².